The molecule has 1 unspecified atom stereocenters. The van der Waals surface area contributed by atoms with E-state index < -0.39 is 0 Å². The highest BCUT2D eigenvalue weighted by Crippen LogP contribution is 2.35. The van der Waals surface area contributed by atoms with Crippen molar-refractivity contribution < 1.29 is 14.3 Å². The lowest BCUT2D eigenvalue weighted by Crippen LogP contribution is -2.32. The van der Waals surface area contributed by atoms with Gasteiger partial charge in [0.2, 0.25) is 0 Å². The average molecular weight is 450 g/mol. The van der Waals surface area contributed by atoms with Crippen molar-refractivity contribution in [3.05, 3.63) is 89.1 Å². The summed E-state index contributed by atoms with van der Waals surface area (Å²) in [6.45, 7) is 0.379. The van der Waals surface area contributed by atoms with Gasteiger partial charge in [0.15, 0.2) is 11.5 Å². The third kappa shape index (κ3) is 4.65. The van der Waals surface area contributed by atoms with Crippen LogP contribution in [-0.2, 0) is 0 Å². The monoisotopic (exact) mass is 449 g/mol. The molecule has 2 amide bonds. The van der Waals surface area contributed by atoms with Crippen LogP contribution in [0.4, 0.5) is 10.5 Å². The van der Waals surface area contributed by atoms with E-state index in [0.717, 1.165) is 22.0 Å². The molecule has 0 saturated heterocycles. The van der Waals surface area contributed by atoms with Crippen molar-refractivity contribution >= 4 is 34.2 Å². The SMILES string of the molecule is COc1ccc(C(CNC(=O)Nc2cccc(Cl)c2)c2c[nH]c3ccccc23)cc1OC. The molecule has 0 aliphatic rings. The number of hydrogen-bond donors (Lipinski definition) is 3. The number of nitrogens with one attached hydrogen (secondary N) is 3. The van der Waals surface area contributed by atoms with E-state index in [1.807, 2.05) is 42.6 Å². The summed E-state index contributed by atoms with van der Waals surface area (Å²) < 4.78 is 10.9. The molecular formula is C25H24ClN3O3. The highest BCUT2D eigenvalue weighted by atomic mass is 35.5. The van der Waals surface area contributed by atoms with Gasteiger partial charge in [-0.25, -0.2) is 4.79 Å². The molecule has 164 valence electrons. The number of aromatic amines is 1. The zero-order valence-corrected chi connectivity index (χ0v) is 18.6. The van der Waals surface area contributed by atoms with Gasteiger partial charge in [-0.15, -0.1) is 0 Å². The Balaban J connectivity index is 1.63. The van der Waals surface area contributed by atoms with Gasteiger partial charge in [-0.3, -0.25) is 0 Å². The van der Waals surface area contributed by atoms with Crippen LogP contribution in [0, 0.1) is 0 Å². The third-order valence-corrected chi connectivity index (χ3v) is 5.59. The van der Waals surface area contributed by atoms with Crippen LogP contribution in [-0.4, -0.2) is 31.8 Å². The van der Waals surface area contributed by atoms with E-state index in [9.17, 15) is 4.79 Å². The molecule has 1 atom stereocenters. The minimum Gasteiger partial charge on any atom is -0.493 e. The molecule has 6 nitrogen and oxygen atoms in total. The summed E-state index contributed by atoms with van der Waals surface area (Å²) in [5, 5.41) is 7.48. The van der Waals surface area contributed by atoms with Gasteiger partial charge in [0.1, 0.15) is 0 Å². The second kappa shape index (κ2) is 9.66. The molecule has 0 spiro atoms. The predicted molar refractivity (Wildman–Crippen MR) is 128 cm³/mol. The predicted octanol–water partition coefficient (Wildman–Crippen LogP) is 5.79. The number of amides is 2. The maximum atomic E-state index is 12.6. The normalized spacial score (nSPS) is 11.7. The molecule has 1 heterocycles. The standard InChI is InChI=1S/C25H24ClN3O3/c1-31-23-11-10-16(12-24(23)32-2)20(21-15-27-22-9-4-3-8-19(21)22)14-28-25(30)29-18-7-5-6-17(26)13-18/h3-13,15,20,27H,14H2,1-2H3,(H2,28,29,30). The van der Waals surface area contributed by atoms with Crippen molar-refractivity contribution in [1.82, 2.24) is 10.3 Å². The highest BCUT2D eigenvalue weighted by molar-refractivity contribution is 6.30. The van der Waals surface area contributed by atoms with Crippen LogP contribution in [0.1, 0.15) is 17.0 Å². The molecule has 3 N–H and O–H groups in total. The van der Waals surface area contributed by atoms with Gasteiger partial charge < -0.3 is 25.1 Å². The quantitative estimate of drug-likeness (QED) is 0.334. The number of halogens is 1. The van der Waals surface area contributed by atoms with Crippen LogP contribution in [0.3, 0.4) is 0 Å². The van der Waals surface area contributed by atoms with Crippen LogP contribution in [0.25, 0.3) is 10.9 Å². The second-order valence-electron chi connectivity index (χ2n) is 7.30. The van der Waals surface area contributed by atoms with Crippen LogP contribution in [0.5, 0.6) is 11.5 Å². The minimum absolute atomic E-state index is 0.115. The summed E-state index contributed by atoms with van der Waals surface area (Å²) in [7, 11) is 3.22. The Hall–Kier alpha value is -3.64. The molecule has 0 fully saturated rings. The number of carbonyl (C=O) groups is 1. The molecule has 0 bridgehead atoms. The summed E-state index contributed by atoms with van der Waals surface area (Å²) in [5.41, 5.74) is 3.74. The number of benzene rings is 3. The lowest BCUT2D eigenvalue weighted by atomic mass is 9.90. The topological polar surface area (TPSA) is 75.4 Å². The molecule has 32 heavy (non-hydrogen) atoms. The number of anilines is 1. The van der Waals surface area contributed by atoms with Crippen LogP contribution in [0.2, 0.25) is 5.02 Å². The molecule has 7 heteroatoms. The number of H-pyrrole nitrogens is 1. The van der Waals surface area contributed by atoms with Crippen molar-refractivity contribution in [3.63, 3.8) is 0 Å². The number of methoxy groups -OCH3 is 2. The molecule has 0 aliphatic carbocycles. The van der Waals surface area contributed by atoms with Crippen molar-refractivity contribution in [2.45, 2.75) is 5.92 Å². The van der Waals surface area contributed by atoms with Crippen molar-refractivity contribution in [3.8, 4) is 11.5 Å². The van der Waals surface area contributed by atoms with E-state index in [4.69, 9.17) is 21.1 Å². The van der Waals surface area contributed by atoms with Gasteiger partial charge in [-0.2, -0.15) is 0 Å². The molecule has 0 aliphatic heterocycles. The van der Waals surface area contributed by atoms with Crippen LogP contribution < -0.4 is 20.1 Å². The number of ether oxygens (including phenoxy) is 2. The van der Waals surface area contributed by atoms with Crippen LogP contribution >= 0.6 is 11.6 Å². The molecule has 0 saturated carbocycles. The number of urea groups is 1. The molecule has 3 aromatic carbocycles. The van der Waals surface area contributed by atoms with E-state index in [1.165, 1.54) is 0 Å². The van der Waals surface area contributed by atoms with Gasteiger partial charge in [0, 0.05) is 40.3 Å². The lowest BCUT2D eigenvalue weighted by molar-refractivity contribution is 0.252. The first kappa shape index (κ1) is 21.6. The Morgan fingerprint density at radius 2 is 1.81 bits per heavy atom. The van der Waals surface area contributed by atoms with E-state index in [0.29, 0.717) is 28.8 Å². The zero-order valence-electron chi connectivity index (χ0n) is 17.8. The fourth-order valence-electron chi connectivity index (χ4n) is 3.80. The van der Waals surface area contributed by atoms with Crippen molar-refractivity contribution in [2.75, 3.05) is 26.1 Å². The van der Waals surface area contributed by atoms with Crippen LogP contribution in [0.15, 0.2) is 72.9 Å². The number of para-hydroxylation sites is 1. The Morgan fingerprint density at radius 1 is 1.00 bits per heavy atom. The van der Waals surface area contributed by atoms with Gasteiger partial charge in [0.05, 0.1) is 14.2 Å². The molecule has 1 aromatic heterocycles. The Morgan fingerprint density at radius 3 is 2.59 bits per heavy atom. The third-order valence-electron chi connectivity index (χ3n) is 5.36. The fourth-order valence-corrected chi connectivity index (χ4v) is 3.99. The van der Waals surface area contributed by atoms with E-state index in [2.05, 4.69) is 21.7 Å². The maximum Gasteiger partial charge on any atom is 0.319 e. The van der Waals surface area contributed by atoms with Gasteiger partial charge in [-0.05, 0) is 47.5 Å². The summed E-state index contributed by atoms with van der Waals surface area (Å²) in [5.74, 6) is 1.18. The minimum atomic E-state index is -0.308. The summed E-state index contributed by atoms with van der Waals surface area (Å²) >= 11 is 6.01. The molecule has 4 rings (SSSR count). The Kier molecular flexibility index (Phi) is 6.52. The van der Waals surface area contributed by atoms with Crippen molar-refractivity contribution in [2.24, 2.45) is 0 Å². The van der Waals surface area contributed by atoms with E-state index in [-0.39, 0.29) is 11.9 Å². The summed E-state index contributed by atoms with van der Waals surface area (Å²) in [6, 6.07) is 20.6. The highest BCUT2D eigenvalue weighted by Gasteiger charge is 2.21. The lowest BCUT2D eigenvalue weighted by Gasteiger charge is -2.20. The summed E-state index contributed by atoms with van der Waals surface area (Å²) in [6.07, 6.45) is 1.99. The molecule has 4 aromatic rings. The van der Waals surface area contributed by atoms with E-state index >= 15 is 0 Å². The number of aromatic nitrogens is 1. The number of fused-ring (bicyclic) bond motifs is 1. The first-order valence-corrected chi connectivity index (χ1v) is 10.5. The smallest absolute Gasteiger partial charge is 0.319 e. The average Bonchev–Trinajstić information content (AvgIpc) is 3.23. The number of hydrogen-bond acceptors (Lipinski definition) is 3. The summed E-state index contributed by atoms with van der Waals surface area (Å²) in [4.78, 5) is 15.9. The van der Waals surface area contributed by atoms with Crippen molar-refractivity contribution in [1.29, 1.82) is 0 Å². The largest absolute Gasteiger partial charge is 0.493 e. The molecule has 0 radical (unpaired) electrons. The fraction of sp³-hybridized carbons (Fsp3) is 0.160. The first-order valence-electron chi connectivity index (χ1n) is 10.2. The van der Waals surface area contributed by atoms with Gasteiger partial charge in [-0.1, -0.05) is 41.9 Å². The Bertz CT molecular complexity index is 1240. The number of rotatable bonds is 7. The number of carbonyl (C=O) groups excluding carboxylic acids is 1. The first-order chi connectivity index (χ1) is 15.6. The second-order valence-corrected chi connectivity index (χ2v) is 7.74. The molecular weight excluding hydrogens is 426 g/mol. The maximum absolute atomic E-state index is 12.6. The van der Waals surface area contributed by atoms with E-state index in [1.54, 1.807) is 38.5 Å². The Labute approximate surface area is 191 Å². The van der Waals surface area contributed by atoms with Gasteiger partial charge >= 0.3 is 6.03 Å². The van der Waals surface area contributed by atoms with Gasteiger partial charge in [0.25, 0.3) is 0 Å². The zero-order chi connectivity index (χ0) is 22.5.